The van der Waals surface area contributed by atoms with Crippen molar-refractivity contribution < 1.29 is 8.78 Å². The third kappa shape index (κ3) is 1.53. The SMILES string of the molecule is C=C1C(C(F)F)=CC(C)=CN1N. The van der Waals surface area contributed by atoms with E-state index in [2.05, 4.69) is 6.58 Å². The zero-order valence-corrected chi connectivity index (χ0v) is 6.72. The smallest absolute Gasteiger partial charge is 0.265 e. The van der Waals surface area contributed by atoms with Crippen molar-refractivity contribution in [3.63, 3.8) is 0 Å². The van der Waals surface area contributed by atoms with Gasteiger partial charge in [0.2, 0.25) is 0 Å². The lowest BCUT2D eigenvalue weighted by Crippen LogP contribution is -2.28. The van der Waals surface area contributed by atoms with E-state index in [1.54, 1.807) is 13.1 Å². The number of halogens is 2. The minimum absolute atomic E-state index is 0.113. The van der Waals surface area contributed by atoms with Crippen LogP contribution in [-0.4, -0.2) is 11.4 Å². The molecule has 2 N–H and O–H groups in total. The summed E-state index contributed by atoms with van der Waals surface area (Å²) < 4.78 is 24.6. The normalized spacial score (nSPS) is 18.1. The van der Waals surface area contributed by atoms with Crippen molar-refractivity contribution in [2.24, 2.45) is 5.84 Å². The first-order valence-electron chi connectivity index (χ1n) is 3.43. The molecule has 0 amide bonds. The topological polar surface area (TPSA) is 29.3 Å². The quantitative estimate of drug-likeness (QED) is 0.611. The van der Waals surface area contributed by atoms with Crippen LogP contribution >= 0.6 is 0 Å². The average molecular weight is 172 g/mol. The average Bonchev–Trinajstić information content (AvgIpc) is 1.96. The van der Waals surface area contributed by atoms with Crippen LogP contribution < -0.4 is 5.84 Å². The lowest BCUT2D eigenvalue weighted by atomic mass is 10.1. The zero-order valence-electron chi connectivity index (χ0n) is 6.72. The molecular formula is C8H10F2N2. The van der Waals surface area contributed by atoms with E-state index in [1.807, 2.05) is 0 Å². The number of hydrogen-bond acceptors (Lipinski definition) is 2. The number of rotatable bonds is 1. The van der Waals surface area contributed by atoms with Gasteiger partial charge in [0.1, 0.15) is 0 Å². The number of alkyl halides is 2. The number of allylic oxidation sites excluding steroid dienone is 3. The van der Waals surface area contributed by atoms with E-state index < -0.39 is 6.43 Å². The highest BCUT2D eigenvalue weighted by molar-refractivity contribution is 5.40. The van der Waals surface area contributed by atoms with Crippen molar-refractivity contribution in [2.75, 3.05) is 0 Å². The van der Waals surface area contributed by atoms with Gasteiger partial charge in [0.05, 0.1) is 5.70 Å². The highest BCUT2D eigenvalue weighted by Gasteiger charge is 2.20. The summed E-state index contributed by atoms with van der Waals surface area (Å²) >= 11 is 0. The predicted octanol–water partition coefficient (Wildman–Crippen LogP) is 1.78. The molecule has 0 aromatic heterocycles. The van der Waals surface area contributed by atoms with Crippen LogP contribution in [0.1, 0.15) is 6.92 Å². The summed E-state index contributed by atoms with van der Waals surface area (Å²) in [7, 11) is 0. The van der Waals surface area contributed by atoms with E-state index in [1.165, 1.54) is 6.08 Å². The second-order valence-electron chi connectivity index (χ2n) is 2.63. The molecule has 4 heteroatoms. The molecule has 0 atom stereocenters. The summed E-state index contributed by atoms with van der Waals surface area (Å²) in [5, 5.41) is 1.11. The molecule has 1 heterocycles. The lowest BCUT2D eigenvalue weighted by molar-refractivity contribution is 0.186. The summed E-state index contributed by atoms with van der Waals surface area (Å²) in [6.45, 7) is 5.14. The molecule has 0 bridgehead atoms. The predicted molar refractivity (Wildman–Crippen MR) is 43.0 cm³/mol. The van der Waals surface area contributed by atoms with Crippen LogP contribution in [0.5, 0.6) is 0 Å². The van der Waals surface area contributed by atoms with Crippen LogP contribution in [0.25, 0.3) is 0 Å². The van der Waals surface area contributed by atoms with Gasteiger partial charge in [0.15, 0.2) is 0 Å². The molecule has 1 rings (SSSR count). The largest absolute Gasteiger partial charge is 0.287 e. The van der Waals surface area contributed by atoms with E-state index in [4.69, 9.17) is 5.84 Å². The Hall–Kier alpha value is -1.16. The van der Waals surface area contributed by atoms with Gasteiger partial charge in [-0.3, -0.25) is 5.01 Å². The minimum Gasteiger partial charge on any atom is -0.287 e. The number of hydrazine groups is 1. The molecule has 1 aliphatic rings. The van der Waals surface area contributed by atoms with Gasteiger partial charge in [0.25, 0.3) is 6.43 Å². The van der Waals surface area contributed by atoms with E-state index in [0.717, 1.165) is 5.01 Å². The second kappa shape index (κ2) is 3.06. The standard InChI is InChI=1S/C8H10F2N2/c1-5-3-7(8(9)10)6(2)12(11)4-5/h3-4,8H,2,11H2,1H3. The van der Waals surface area contributed by atoms with E-state index in [-0.39, 0.29) is 11.3 Å². The van der Waals surface area contributed by atoms with Crippen molar-refractivity contribution >= 4 is 0 Å². The van der Waals surface area contributed by atoms with Gasteiger partial charge in [-0.05, 0) is 18.6 Å². The molecule has 0 aromatic rings. The maximum absolute atomic E-state index is 12.3. The van der Waals surface area contributed by atoms with E-state index >= 15 is 0 Å². The molecule has 0 fully saturated rings. The fourth-order valence-corrected chi connectivity index (χ4v) is 1.00. The van der Waals surface area contributed by atoms with E-state index in [0.29, 0.717) is 5.57 Å². The Labute approximate surface area is 69.6 Å². The highest BCUT2D eigenvalue weighted by Crippen LogP contribution is 2.24. The van der Waals surface area contributed by atoms with Gasteiger partial charge in [-0.2, -0.15) is 0 Å². The molecule has 66 valence electrons. The number of hydrogen-bond donors (Lipinski definition) is 1. The Kier molecular flexibility index (Phi) is 2.28. The van der Waals surface area contributed by atoms with Gasteiger partial charge in [-0.15, -0.1) is 0 Å². The van der Waals surface area contributed by atoms with E-state index in [9.17, 15) is 8.78 Å². The van der Waals surface area contributed by atoms with Crippen molar-refractivity contribution in [2.45, 2.75) is 13.3 Å². The molecule has 0 radical (unpaired) electrons. The van der Waals surface area contributed by atoms with Gasteiger partial charge in [0, 0.05) is 11.8 Å². The molecule has 12 heavy (non-hydrogen) atoms. The third-order valence-electron chi connectivity index (χ3n) is 1.61. The van der Waals surface area contributed by atoms with Crippen LogP contribution in [0.2, 0.25) is 0 Å². The molecule has 0 unspecified atom stereocenters. The molecule has 2 nitrogen and oxygen atoms in total. The zero-order chi connectivity index (χ0) is 9.30. The fraction of sp³-hybridized carbons (Fsp3) is 0.250. The molecule has 0 saturated carbocycles. The number of nitrogens with zero attached hydrogens (tertiary/aromatic N) is 1. The Morgan fingerprint density at radius 2 is 2.17 bits per heavy atom. The van der Waals surface area contributed by atoms with Crippen LogP contribution in [0.15, 0.2) is 35.7 Å². The van der Waals surface area contributed by atoms with Gasteiger partial charge < -0.3 is 0 Å². The van der Waals surface area contributed by atoms with Crippen molar-refractivity contribution in [1.82, 2.24) is 5.01 Å². The van der Waals surface area contributed by atoms with Gasteiger partial charge in [-0.25, -0.2) is 14.6 Å². The summed E-state index contributed by atoms with van der Waals surface area (Å²) in [5.41, 5.74) is 0.730. The third-order valence-corrected chi connectivity index (χ3v) is 1.61. The fourth-order valence-electron chi connectivity index (χ4n) is 1.00. The first-order valence-corrected chi connectivity index (χ1v) is 3.43. The monoisotopic (exact) mass is 172 g/mol. The Morgan fingerprint density at radius 3 is 2.67 bits per heavy atom. The molecule has 0 aromatic carbocycles. The molecule has 0 spiro atoms. The van der Waals surface area contributed by atoms with Crippen LogP contribution in [-0.2, 0) is 0 Å². The number of nitrogens with two attached hydrogens (primary N) is 1. The molecule has 0 saturated heterocycles. The minimum atomic E-state index is -2.52. The van der Waals surface area contributed by atoms with Gasteiger partial charge in [-0.1, -0.05) is 6.58 Å². The maximum Gasteiger partial charge on any atom is 0.265 e. The summed E-state index contributed by atoms with van der Waals surface area (Å²) in [6.07, 6.45) is 0.414. The van der Waals surface area contributed by atoms with Crippen molar-refractivity contribution in [3.8, 4) is 0 Å². The second-order valence-corrected chi connectivity index (χ2v) is 2.63. The van der Waals surface area contributed by atoms with Crippen molar-refractivity contribution in [1.29, 1.82) is 0 Å². The van der Waals surface area contributed by atoms with Crippen LogP contribution in [0.3, 0.4) is 0 Å². The highest BCUT2D eigenvalue weighted by atomic mass is 19.3. The maximum atomic E-state index is 12.3. The van der Waals surface area contributed by atoms with Crippen LogP contribution in [0, 0.1) is 0 Å². The van der Waals surface area contributed by atoms with Gasteiger partial charge >= 0.3 is 0 Å². The van der Waals surface area contributed by atoms with Crippen molar-refractivity contribution in [3.05, 3.63) is 35.7 Å². The Morgan fingerprint density at radius 1 is 1.58 bits per heavy atom. The summed E-state index contributed by atoms with van der Waals surface area (Å²) in [6, 6.07) is 0. The summed E-state index contributed by atoms with van der Waals surface area (Å²) in [5.74, 6) is 5.38. The molecule has 1 aliphatic heterocycles. The first kappa shape index (κ1) is 8.93. The van der Waals surface area contributed by atoms with Crippen LogP contribution in [0.4, 0.5) is 8.78 Å². The molecular weight excluding hydrogens is 162 g/mol. The molecule has 0 aliphatic carbocycles. The summed E-state index contributed by atoms with van der Waals surface area (Å²) in [4.78, 5) is 0. The Balaban J connectivity index is 2.99. The Bertz CT molecular complexity index is 266. The lowest BCUT2D eigenvalue weighted by Gasteiger charge is -2.23. The first-order chi connectivity index (χ1) is 5.52.